The molecule has 0 aliphatic heterocycles. The zero-order valence-electron chi connectivity index (χ0n) is 14.1. The summed E-state index contributed by atoms with van der Waals surface area (Å²) in [6, 6.07) is 0.938. The molecule has 2 rings (SSSR count). The molecule has 0 aromatic carbocycles. The van der Waals surface area contributed by atoms with Crippen molar-refractivity contribution in [1.82, 2.24) is 15.1 Å². The lowest BCUT2D eigenvalue weighted by Crippen LogP contribution is -2.44. The van der Waals surface area contributed by atoms with Crippen LogP contribution in [0.3, 0.4) is 0 Å². The zero-order chi connectivity index (χ0) is 17.3. The van der Waals surface area contributed by atoms with E-state index in [2.05, 4.69) is 24.3 Å². The molecule has 2 N–H and O–H groups in total. The smallest absolute Gasteiger partial charge is 0.326 e. The lowest BCUT2D eigenvalue weighted by Gasteiger charge is -2.19. The third-order valence-corrected chi connectivity index (χ3v) is 5.28. The molecular weight excluding hydrogens is 314 g/mol. The van der Waals surface area contributed by atoms with Crippen LogP contribution in [0.15, 0.2) is 6.07 Å². The molecule has 0 radical (unpaired) electrons. The highest BCUT2D eigenvalue weighted by molar-refractivity contribution is 7.20. The molecule has 2 aromatic rings. The van der Waals surface area contributed by atoms with E-state index in [4.69, 9.17) is 0 Å². The Kier molecular flexibility index (Phi) is 5.09. The van der Waals surface area contributed by atoms with Crippen molar-refractivity contribution >= 4 is 33.4 Å². The van der Waals surface area contributed by atoms with Crippen molar-refractivity contribution < 1.29 is 14.7 Å². The van der Waals surface area contributed by atoms with Gasteiger partial charge in [0, 0.05) is 12.4 Å². The highest BCUT2D eigenvalue weighted by Crippen LogP contribution is 2.31. The molecule has 0 saturated carbocycles. The van der Waals surface area contributed by atoms with Gasteiger partial charge < -0.3 is 10.4 Å². The lowest BCUT2D eigenvalue weighted by atomic mass is 9.99. The zero-order valence-corrected chi connectivity index (χ0v) is 14.9. The fraction of sp³-hybridized carbons (Fsp3) is 0.562. The van der Waals surface area contributed by atoms with E-state index in [1.807, 2.05) is 27.0 Å². The first-order chi connectivity index (χ1) is 10.8. The maximum Gasteiger partial charge on any atom is 0.326 e. The number of carboxylic acids is 1. The first-order valence-electron chi connectivity index (χ1n) is 7.76. The molecule has 0 spiro atoms. The fourth-order valence-electron chi connectivity index (χ4n) is 2.50. The van der Waals surface area contributed by atoms with Crippen LogP contribution in [0.2, 0.25) is 0 Å². The quantitative estimate of drug-likeness (QED) is 0.849. The Balaban J connectivity index is 2.31. The van der Waals surface area contributed by atoms with E-state index in [9.17, 15) is 14.7 Å². The van der Waals surface area contributed by atoms with E-state index >= 15 is 0 Å². The van der Waals surface area contributed by atoms with Gasteiger partial charge in [0.1, 0.15) is 10.9 Å². The maximum atomic E-state index is 12.4. The molecule has 7 heteroatoms. The minimum Gasteiger partial charge on any atom is -0.480 e. The minimum atomic E-state index is -1.00. The number of rotatable bonds is 6. The van der Waals surface area contributed by atoms with E-state index in [-0.39, 0.29) is 17.7 Å². The van der Waals surface area contributed by atoms with Crippen LogP contribution in [0.25, 0.3) is 10.2 Å². The summed E-state index contributed by atoms with van der Waals surface area (Å²) >= 11 is 1.34. The van der Waals surface area contributed by atoms with Gasteiger partial charge >= 0.3 is 5.97 Å². The molecule has 0 bridgehead atoms. The highest BCUT2D eigenvalue weighted by atomic mass is 32.1. The summed E-state index contributed by atoms with van der Waals surface area (Å²) in [7, 11) is 1.85. The normalized spacial score (nSPS) is 14.2. The van der Waals surface area contributed by atoms with Crippen LogP contribution < -0.4 is 5.32 Å². The molecule has 6 nitrogen and oxygen atoms in total. The van der Waals surface area contributed by atoms with Crippen LogP contribution in [-0.2, 0) is 11.8 Å². The molecule has 2 unspecified atom stereocenters. The number of hydrogen-bond donors (Lipinski definition) is 2. The predicted octanol–water partition coefficient (Wildman–Crippen LogP) is 2.99. The van der Waals surface area contributed by atoms with E-state index in [0.717, 1.165) is 15.9 Å². The summed E-state index contributed by atoms with van der Waals surface area (Å²) in [5.41, 5.74) is 0.953. The first kappa shape index (κ1) is 17.5. The number of carbonyl (C=O) groups excluding carboxylic acids is 1. The largest absolute Gasteiger partial charge is 0.480 e. The number of nitrogens with zero attached hydrogens (tertiary/aromatic N) is 2. The molecule has 1 amide bonds. The number of fused-ring (bicyclic) bond motifs is 1. The Labute approximate surface area is 139 Å². The molecule has 126 valence electrons. The molecule has 0 aliphatic carbocycles. The highest BCUT2D eigenvalue weighted by Gasteiger charge is 2.27. The van der Waals surface area contributed by atoms with Gasteiger partial charge in [0.2, 0.25) is 0 Å². The van der Waals surface area contributed by atoms with E-state index in [1.54, 1.807) is 4.68 Å². The monoisotopic (exact) mass is 337 g/mol. The molecule has 2 aromatic heterocycles. The average molecular weight is 337 g/mol. The lowest BCUT2D eigenvalue weighted by molar-refractivity contribution is -0.140. The number of carbonyl (C=O) groups is 2. The van der Waals surface area contributed by atoms with Crippen LogP contribution in [-0.4, -0.2) is 32.8 Å². The second-order valence-corrected chi connectivity index (χ2v) is 7.20. The van der Waals surface area contributed by atoms with Crippen LogP contribution in [0, 0.1) is 5.92 Å². The Morgan fingerprint density at radius 1 is 1.39 bits per heavy atom. The van der Waals surface area contributed by atoms with Gasteiger partial charge in [0.05, 0.1) is 10.6 Å². The molecule has 23 heavy (non-hydrogen) atoms. The van der Waals surface area contributed by atoms with Crippen LogP contribution in [0.1, 0.15) is 55.4 Å². The molecule has 0 fully saturated rings. The number of thiophene rings is 1. The fourth-order valence-corrected chi connectivity index (χ4v) is 3.48. The third-order valence-electron chi connectivity index (χ3n) is 4.08. The summed E-state index contributed by atoms with van der Waals surface area (Å²) in [5, 5.41) is 17.4. The van der Waals surface area contributed by atoms with Crippen LogP contribution in [0.4, 0.5) is 0 Å². The molecular formula is C16H23N3O3S. The number of hydrogen-bond acceptors (Lipinski definition) is 4. The summed E-state index contributed by atoms with van der Waals surface area (Å²) in [6.07, 6.45) is 0.686. The van der Waals surface area contributed by atoms with Gasteiger partial charge in [-0.25, -0.2) is 4.79 Å². The van der Waals surface area contributed by atoms with Gasteiger partial charge in [-0.05, 0) is 17.9 Å². The number of carboxylic acid groups (broad SMARTS) is 1. The third kappa shape index (κ3) is 3.39. The Morgan fingerprint density at radius 3 is 2.57 bits per heavy atom. The summed E-state index contributed by atoms with van der Waals surface area (Å²) < 4.78 is 1.77. The second kappa shape index (κ2) is 6.70. The van der Waals surface area contributed by atoms with Gasteiger partial charge in [0.15, 0.2) is 0 Å². The van der Waals surface area contributed by atoms with Crippen molar-refractivity contribution in [1.29, 1.82) is 0 Å². The number of aromatic nitrogens is 2. The van der Waals surface area contributed by atoms with Crippen molar-refractivity contribution in [2.24, 2.45) is 13.0 Å². The van der Waals surface area contributed by atoms with Gasteiger partial charge in [-0.2, -0.15) is 5.10 Å². The van der Waals surface area contributed by atoms with Crippen molar-refractivity contribution in [3.8, 4) is 0 Å². The van der Waals surface area contributed by atoms with E-state index < -0.39 is 12.0 Å². The van der Waals surface area contributed by atoms with Crippen molar-refractivity contribution in [2.75, 3.05) is 0 Å². The van der Waals surface area contributed by atoms with E-state index in [0.29, 0.717) is 11.3 Å². The van der Waals surface area contributed by atoms with Crippen LogP contribution >= 0.6 is 11.3 Å². The Morgan fingerprint density at radius 2 is 2.04 bits per heavy atom. The summed E-state index contributed by atoms with van der Waals surface area (Å²) in [6.45, 7) is 7.85. The van der Waals surface area contributed by atoms with Gasteiger partial charge in [0.25, 0.3) is 5.91 Å². The Bertz CT molecular complexity index is 732. The maximum absolute atomic E-state index is 12.4. The molecule has 2 atom stereocenters. The number of amides is 1. The van der Waals surface area contributed by atoms with Crippen molar-refractivity contribution in [3.63, 3.8) is 0 Å². The van der Waals surface area contributed by atoms with Crippen molar-refractivity contribution in [3.05, 3.63) is 16.6 Å². The van der Waals surface area contributed by atoms with Gasteiger partial charge in [-0.3, -0.25) is 9.48 Å². The predicted molar refractivity (Wildman–Crippen MR) is 91.0 cm³/mol. The standard InChI is InChI=1S/C16H23N3O3S/c1-6-9(4)13(16(21)22)17-14(20)11-7-10-12(8(2)3)18-19(5)15(10)23-11/h7-9,13H,6H2,1-5H3,(H,17,20)(H,21,22). The SMILES string of the molecule is CCC(C)C(NC(=O)c1cc2c(C(C)C)nn(C)c2s1)C(=O)O. The first-order valence-corrected chi connectivity index (χ1v) is 8.58. The molecule has 0 aliphatic rings. The van der Waals surface area contributed by atoms with Crippen molar-refractivity contribution in [2.45, 2.75) is 46.1 Å². The average Bonchev–Trinajstić information content (AvgIpc) is 3.04. The molecule has 2 heterocycles. The summed E-state index contributed by atoms with van der Waals surface area (Å²) in [5.74, 6) is -1.21. The second-order valence-electron chi connectivity index (χ2n) is 6.17. The minimum absolute atomic E-state index is 0.126. The number of nitrogens with one attached hydrogen (secondary N) is 1. The van der Waals surface area contributed by atoms with Crippen LogP contribution in [0.5, 0.6) is 0 Å². The van der Waals surface area contributed by atoms with Gasteiger partial charge in [-0.15, -0.1) is 11.3 Å². The topological polar surface area (TPSA) is 84.2 Å². The van der Waals surface area contributed by atoms with E-state index in [1.165, 1.54) is 11.3 Å². The summed E-state index contributed by atoms with van der Waals surface area (Å²) in [4.78, 5) is 25.3. The van der Waals surface area contributed by atoms with Gasteiger partial charge in [-0.1, -0.05) is 34.1 Å². The molecule has 0 saturated heterocycles. The Hall–Kier alpha value is -1.89. The number of aliphatic carboxylic acids is 1. The number of aryl methyl sites for hydroxylation is 1.